The highest BCUT2D eigenvalue weighted by Gasteiger charge is 2.03. The maximum absolute atomic E-state index is 5.60. The first-order chi connectivity index (χ1) is 8.00. The molecule has 0 aromatic heterocycles. The Balaban J connectivity index is 2.50. The van der Waals surface area contributed by atoms with Crippen molar-refractivity contribution in [3.8, 4) is 0 Å². The number of nitrogens with one attached hydrogen (secondary N) is 1. The Bertz CT molecular complexity index is 391. The number of benzene rings is 1. The molecule has 0 spiro atoms. The van der Waals surface area contributed by atoms with Gasteiger partial charge in [-0.15, -0.1) is 0 Å². The van der Waals surface area contributed by atoms with Crippen molar-refractivity contribution in [3.63, 3.8) is 0 Å². The topological polar surface area (TPSA) is 38.0 Å². The van der Waals surface area contributed by atoms with E-state index < -0.39 is 0 Å². The van der Waals surface area contributed by atoms with Crippen molar-refractivity contribution < 1.29 is 0 Å². The van der Waals surface area contributed by atoms with Gasteiger partial charge in [-0.05, 0) is 52.9 Å². The number of hydrogen-bond donors (Lipinski definition) is 2. The molecule has 3 N–H and O–H groups in total. The van der Waals surface area contributed by atoms with Crippen molar-refractivity contribution in [2.45, 2.75) is 26.7 Å². The molecule has 94 valence electrons. The molecule has 0 saturated carbocycles. The number of rotatable bonds is 6. The van der Waals surface area contributed by atoms with Gasteiger partial charge in [-0.1, -0.05) is 26.1 Å². The van der Waals surface area contributed by atoms with Crippen molar-refractivity contribution in [2.24, 2.45) is 11.7 Å². The molecule has 0 aliphatic rings. The van der Waals surface area contributed by atoms with Gasteiger partial charge in [0.1, 0.15) is 4.99 Å². The largest absolute Gasteiger partial charge is 0.389 e. The van der Waals surface area contributed by atoms with Crippen LogP contribution in [0.1, 0.15) is 32.3 Å². The summed E-state index contributed by atoms with van der Waals surface area (Å²) in [6, 6.07) is 5.97. The number of anilines is 1. The first-order valence-corrected chi connectivity index (χ1v) is 7.04. The number of thiocarbonyl (C=S) groups is 1. The van der Waals surface area contributed by atoms with E-state index in [1.807, 2.05) is 18.2 Å². The minimum atomic E-state index is 0.420. The van der Waals surface area contributed by atoms with Crippen LogP contribution in [0.4, 0.5) is 5.69 Å². The van der Waals surface area contributed by atoms with Gasteiger partial charge >= 0.3 is 0 Å². The Labute approximate surface area is 117 Å². The third-order valence-electron chi connectivity index (χ3n) is 2.52. The van der Waals surface area contributed by atoms with Gasteiger partial charge in [-0.25, -0.2) is 0 Å². The van der Waals surface area contributed by atoms with Crippen molar-refractivity contribution in [2.75, 3.05) is 11.9 Å². The summed E-state index contributed by atoms with van der Waals surface area (Å²) in [5, 5.41) is 3.39. The highest BCUT2D eigenvalue weighted by atomic mass is 79.9. The molecule has 1 aromatic carbocycles. The van der Waals surface area contributed by atoms with Crippen LogP contribution in [-0.4, -0.2) is 11.5 Å². The van der Waals surface area contributed by atoms with Crippen LogP contribution in [0.15, 0.2) is 22.7 Å². The zero-order chi connectivity index (χ0) is 12.8. The molecule has 0 bridgehead atoms. The van der Waals surface area contributed by atoms with E-state index in [2.05, 4.69) is 35.1 Å². The molecular weight excluding hydrogens is 296 g/mol. The molecule has 0 amide bonds. The second-order valence-electron chi connectivity index (χ2n) is 4.52. The van der Waals surface area contributed by atoms with E-state index >= 15 is 0 Å². The first kappa shape index (κ1) is 14.5. The molecule has 17 heavy (non-hydrogen) atoms. The Morgan fingerprint density at radius 1 is 1.47 bits per heavy atom. The first-order valence-electron chi connectivity index (χ1n) is 5.84. The maximum atomic E-state index is 5.60. The second-order valence-corrected chi connectivity index (χ2v) is 5.82. The van der Waals surface area contributed by atoms with E-state index in [0.29, 0.717) is 4.99 Å². The predicted octanol–water partition coefficient (Wildman–Crippen LogP) is 3.93. The quantitative estimate of drug-likeness (QED) is 0.617. The van der Waals surface area contributed by atoms with Crippen LogP contribution in [0.3, 0.4) is 0 Å². The lowest BCUT2D eigenvalue weighted by Crippen LogP contribution is -2.10. The van der Waals surface area contributed by atoms with Gasteiger partial charge in [-0.3, -0.25) is 0 Å². The van der Waals surface area contributed by atoms with Gasteiger partial charge in [-0.2, -0.15) is 0 Å². The predicted molar refractivity (Wildman–Crippen MR) is 82.6 cm³/mol. The van der Waals surface area contributed by atoms with Gasteiger partial charge in [0.15, 0.2) is 0 Å². The van der Waals surface area contributed by atoms with Gasteiger partial charge in [0.25, 0.3) is 0 Å². The lowest BCUT2D eigenvalue weighted by Gasteiger charge is -2.10. The summed E-state index contributed by atoms with van der Waals surface area (Å²) in [6.07, 6.45) is 2.44. The zero-order valence-corrected chi connectivity index (χ0v) is 12.7. The molecule has 0 atom stereocenters. The second kappa shape index (κ2) is 6.97. The smallest absolute Gasteiger partial charge is 0.105 e. The molecule has 0 unspecified atom stereocenters. The normalized spacial score (nSPS) is 10.6. The summed E-state index contributed by atoms with van der Waals surface area (Å²) in [6.45, 7) is 5.48. The summed E-state index contributed by atoms with van der Waals surface area (Å²) >= 11 is 8.43. The Kier molecular flexibility index (Phi) is 5.92. The standard InChI is InChI=1S/C13H19BrN2S/c1-9(2)4-3-7-16-10-5-6-11(13(15)17)12(14)8-10/h5-6,8-9,16H,3-4,7H2,1-2H3,(H2,15,17). The molecule has 0 aliphatic heterocycles. The van der Waals surface area contributed by atoms with Crippen LogP contribution < -0.4 is 11.1 Å². The third kappa shape index (κ3) is 5.04. The molecule has 0 heterocycles. The SMILES string of the molecule is CC(C)CCCNc1ccc(C(N)=S)c(Br)c1. The molecule has 0 radical (unpaired) electrons. The van der Waals surface area contributed by atoms with Crippen molar-refractivity contribution in [3.05, 3.63) is 28.2 Å². The van der Waals surface area contributed by atoms with Gasteiger partial charge in [0.05, 0.1) is 0 Å². The van der Waals surface area contributed by atoms with E-state index in [1.165, 1.54) is 12.8 Å². The maximum Gasteiger partial charge on any atom is 0.105 e. The lowest BCUT2D eigenvalue weighted by atomic mass is 10.1. The van der Waals surface area contributed by atoms with Gasteiger partial charge in [0.2, 0.25) is 0 Å². The van der Waals surface area contributed by atoms with Gasteiger partial charge in [0, 0.05) is 22.3 Å². The highest BCUT2D eigenvalue weighted by Crippen LogP contribution is 2.21. The van der Waals surface area contributed by atoms with Crippen LogP contribution >= 0.6 is 28.1 Å². The molecule has 0 aliphatic carbocycles. The van der Waals surface area contributed by atoms with Crippen LogP contribution in [0, 0.1) is 5.92 Å². The number of halogens is 1. The molecule has 0 saturated heterocycles. The molecular formula is C13H19BrN2S. The summed E-state index contributed by atoms with van der Waals surface area (Å²) in [7, 11) is 0. The van der Waals surface area contributed by atoms with E-state index in [-0.39, 0.29) is 0 Å². The molecule has 2 nitrogen and oxygen atoms in total. The van der Waals surface area contributed by atoms with Crippen molar-refractivity contribution in [1.29, 1.82) is 0 Å². The third-order valence-corrected chi connectivity index (χ3v) is 3.40. The average Bonchev–Trinajstić information content (AvgIpc) is 2.23. The van der Waals surface area contributed by atoms with E-state index in [1.54, 1.807) is 0 Å². The summed E-state index contributed by atoms with van der Waals surface area (Å²) in [5.74, 6) is 0.764. The molecule has 1 aromatic rings. The van der Waals surface area contributed by atoms with E-state index in [9.17, 15) is 0 Å². The van der Waals surface area contributed by atoms with E-state index in [4.69, 9.17) is 18.0 Å². The Morgan fingerprint density at radius 3 is 2.71 bits per heavy atom. The van der Waals surface area contributed by atoms with Crippen LogP contribution in [0.2, 0.25) is 0 Å². The minimum absolute atomic E-state index is 0.420. The van der Waals surface area contributed by atoms with Crippen LogP contribution in [-0.2, 0) is 0 Å². The highest BCUT2D eigenvalue weighted by molar-refractivity contribution is 9.10. The van der Waals surface area contributed by atoms with Crippen LogP contribution in [0.5, 0.6) is 0 Å². The Hall–Kier alpha value is -0.610. The fraction of sp³-hybridized carbons (Fsp3) is 0.462. The van der Waals surface area contributed by atoms with E-state index in [0.717, 1.165) is 28.2 Å². The Morgan fingerprint density at radius 2 is 2.18 bits per heavy atom. The molecule has 4 heteroatoms. The lowest BCUT2D eigenvalue weighted by molar-refractivity contribution is 0.567. The number of nitrogens with two attached hydrogens (primary N) is 1. The molecule has 0 fully saturated rings. The summed E-state index contributed by atoms with van der Waals surface area (Å²) in [4.78, 5) is 0.420. The zero-order valence-electron chi connectivity index (χ0n) is 10.3. The molecule has 1 rings (SSSR count). The monoisotopic (exact) mass is 314 g/mol. The fourth-order valence-corrected chi connectivity index (χ4v) is 2.47. The van der Waals surface area contributed by atoms with Crippen molar-refractivity contribution in [1.82, 2.24) is 0 Å². The van der Waals surface area contributed by atoms with Crippen molar-refractivity contribution >= 4 is 38.8 Å². The van der Waals surface area contributed by atoms with Crippen LogP contribution in [0.25, 0.3) is 0 Å². The fourth-order valence-electron chi connectivity index (χ4n) is 1.57. The summed E-state index contributed by atoms with van der Waals surface area (Å²) < 4.78 is 0.943. The summed E-state index contributed by atoms with van der Waals surface area (Å²) in [5.41, 5.74) is 7.58. The minimum Gasteiger partial charge on any atom is -0.389 e. The average molecular weight is 315 g/mol. The number of hydrogen-bond acceptors (Lipinski definition) is 2. The van der Waals surface area contributed by atoms with Gasteiger partial charge < -0.3 is 11.1 Å².